The zero-order valence-corrected chi connectivity index (χ0v) is 15.0. The van der Waals surface area contributed by atoms with E-state index in [-0.39, 0.29) is 29.5 Å². The predicted molar refractivity (Wildman–Crippen MR) is 72.2 cm³/mol. The Kier molecular flexibility index (Phi) is 5.08. The van der Waals surface area contributed by atoms with Crippen LogP contribution in [0.15, 0.2) is 0 Å². The third-order valence-corrected chi connectivity index (χ3v) is 11.6. The van der Waals surface area contributed by atoms with Crippen LogP contribution in [0.1, 0.15) is 0 Å². The Labute approximate surface area is 100 Å². The van der Waals surface area contributed by atoms with Crippen LogP contribution in [0.2, 0.25) is 0 Å². The summed E-state index contributed by atoms with van der Waals surface area (Å²) in [6, 6.07) is 0. The van der Waals surface area contributed by atoms with Crippen LogP contribution in [0.5, 0.6) is 0 Å². The molecule has 9 heteroatoms. The van der Waals surface area contributed by atoms with Crippen molar-refractivity contribution in [2.24, 2.45) is 0 Å². The molecular formula is C6H24N6Si3. The van der Waals surface area contributed by atoms with E-state index >= 15 is 0 Å². The van der Waals surface area contributed by atoms with Crippen molar-refractivity contribution in [3.8, 4) is 0 Å². The second-order valence-corrected chi connectivity index (χ2v) is 12.4. The normalized spacial score (nSPS) is 27.0. The van der Waals surface area contributed by atoms with Crippen LogP contribution in [-0.2, 0) is 0 Å². The Balaban J connectivity index is 2.64. The molecule has 0 bridgehead atoms. The average molecular weight is 265 g/mol. The molecule has 1 aliphatic heterocycles. The Morgan fingerprint density at radius 1 is 0.533 bits per heavy atom. The summed E-state index contributed by atoms with van der Waals surface area (Å²) in [6.45, 7) is 0. The first kappa shape index (κ1) is 13.5. The molecule has 0 aromatic carbocycles. The highest BCUT2D eigenvalue weighted by atomic mass is 28.4. The molecule has 0 spiro atoms. The summed E-state index contributed by atoms with van der Waals surface area (Å²) >= 11 is 0. The number of rotatable bonds is 3. The molecule has 0 amide bonds. The summed E-state index contributed by atoms with van der Waals surface area (Å²) < 4.78 is 7.78. The lowest BCUT2D eigenvalue weighted by atomic mass is 11.2. The van der Waals surface area contributed by atoms with E-state index in [1.54, 1.807) is 0 Å². The van der Waals surface area contributed by atoms with Gasteiger partial charge in [-0.3, -0.25) is 28.0 Å². The maximum absolute atomic E-state index is 2.59. The summed E-state index contributed by atoms with van der Waals surface area (Å²) in [6.07, 6.45) is 0. The largest absolute Gasteiger partial charge is 0.265 e. The van der Waals surface area contributed by atoms with E-state index < -0.39 is 0 Å². The molecule has 1 rings (SSSR count). The number of hydrazine groups is 3. The van der Waals surface area contributed by atoms with Crippen LogP contribution in [0.25, 0.3) is 0 Å². The maximum Gasteiger partial charge on any atom is 0.189 e. The molecule has 0 aromatic rings. The first-order valence-electron chi connectivity index (χ1n) is 5.18. The Morgan fingerprint density at radius 2 is 0.733 bits per heavy atom. The van der Waals surface area contributed by atoms with Gasteiger partial charge in [-0.2, -0.15) is 0 Å². The monoisotopic (exact) mass is 264 g/mol. The third kappa shape index (κ3) is 3.72. The van der Waals surface area contributed by atoms with Crippen molar-refractivity contribution in [3.63, 3.8) is 0 Å². The second kappa shape index (κ2) is 5.65. The van der Waals surface area contributed by atoms with Gasteiger partial charge in [0.05, 0.1) is 0 Å². The molecule has 1 aliphatic rings. The minimum Gasteiger partial charge on any atom is -0.265 e. The van der Waals surface area contributed by atoms with Crippen LogP contribution in [0.4, 0.5) is 0 Å². The van der Waals surface area contributed by atoms with Gasteiger partial charge in [0.1, 0.15) is 0 Å². The van der Waals surface area contributed by atoms with Crippen molar-refractivity contribution in [3.05, 3.63) is 0 Å². The fraction of sp³-hybridized carbons (Fsp3) is 1.00. The van der Waals surface area contributed by atoms with Gasteiger partial charge in [0.25, 0.3) is 0 Å². The lowest BCUT2D eigenvalue weighted by Gasteiger charge is -2.47. The first-order chi connectivity index (χ1) is 6.91. The molecule has 0 aromatic heterocycles. The Morgan fingerprint density at radius 3 is 0.867 bits per heavy atom. The first-order valence-corrected chi connectivity index (χ1v) is 8.98. The molecule has 0 atom stereocenters. The molecule has 0 unspecified atom stereocenters. The summed E-state index contributed by atoms with van der Waals surface area (Å²) in [5.74, 6) is 0. The lowest BCUT2D eigenvalue weighted by molar-refractivity contribution is 0.108. The summed E-state index contributed by atoms with van der Waals surface area (Å²) in [5, 5.41) is 6.83. The minimum atomic E-state index is -0.249. The summed E-state index contributed by atoms with van der Waals surface area (Å²) in [5.41, 5.74) is 0. The molecular weight excluding hydrogens is 240 g/mol. The van der Waals surface area contributed by atoms with Crippen LogP contribution in [0.3, 0.4) is 0 Å². The molecule has 0 radical (unpaired) electrons. The van der Waals surface area contributed by atoms with E-state index in [0.29, 0.717) is 0 Å². The van der Waals surface area contributed by atoms with Crippen LogP contribution >= 0.6 is 0 Å². The predicted octanol–water partition coefficient (Wildman–Crippen LogP) is -3.67. The fourth-order valence-electron chi connectivity index (χ4n) is 1.46. The number of hydrogen-bond donors (Lipinski definition) is 0. The van der Waals surface area contributed by atoms with Gasteiger partial charge in [-0.25, -0.2) is 0 Å². The highest BCUT2D eigenvalue weighted by molar-refractivity contribution is 6.64. The summed E-state index contributed by atoms with van der Waals surface area (Å²) in [4.78, 5) is 0. The molecule has 0 saturated carbocycles. The van der Waals surface area contributed by atoms with Gasteiger partial charge in [0.15, 0.2) is 29.5 Å². The number of nitrogens with zero attached hydrogens (tertiary/aromatic N) is 6. The van der Waals surface area contributed by atoms with Crippen molar-refractivity contribution in [1.29, 1.82) is 0 Å². The van der Waals surface area contributed by atoms with Crippen LogP contribution in [-0.4, -0.2) is 99.9 Å². The molecule has 0 N–H and O–H groups in total. The lowest BCUT2D eigenvalue weighted by Crippen LogP contribution is -2.69. The second-order valence-electron chi connectivity index (χ2n) is 4.49. The van der Waals surface area contributed by atoms with E-state index in [9.17, 15) is 0 Å². The van der Waals surface area contributed by atoms with Crippen molar-refractivity contribution in [1.82, 2.24) is 28.0 Å². The van der Waals surface area contributed by atoms with Crippen molar-refractivity contribution < 1.29 is 0 Å². The van der Waals surface area contributed by atoms with Gasteiger partial charge in [0, 0.05) is 42.3 Å². The average Bonchev–Trinajstić information content (AvgIpc) is 2.16. The zero-order chi connectivity index (χ0) is 11.6. The quantitative estimate of drug-likeness (QED) is 0.486. The standard InChI is InChI=1S/C6H24N6Si3/c1-7(2)10-13-11(8(3)4)15-12(14-10)9(5)6/h13-15H2,1-6H3. The summed E-state index contributed by atoms with van der Waals surface area (Å²) in [7, 11) is 12.2. The maximum atomic E-state index is 2.59. The molecule has 1 heterocycles. The molecule has 90 valence electrons. The molecule has 15 heavy (non-hydrogen) atoms. The fourth-order valence-corrected chi connectivity index (χ4v) is 11.9. The SMILES string of the molecule is CN(C)N1[SiH2]N(N(C)C)[SiH2]N(N(C)C)[SiH2]1. The van der Waals surface area contributed by atoms with Gasteiger partial charge in [-0.1, -0.05) is 0 Å². The minimum absolute atomic E-state index is 0.249. The Hall–Kier alpha value is 0.411. The molecule has 1 fully saturated rings. The van der Waals surface area contributed by atoms with E-state index in [1.165, 1.54) is 0 Å². The van der Waals surface area contributed by atoms with E-state index in [1.807, 2.05) is 0 Å². The third-order valence-electron chi connectivity index (χ3n) is 2.68. The molecule has 0 aliphatic carbocycles. The van der Waals surface area contributed by atoms with Crippen molar-refractivity contribution >= 4 is 29.5 Å². The van der Waals surface area contributed by atoms with Crippen LogP contribution < -0.4 is 0 Å². The molecule has 6 nitrogen and oxygen atoms in total. The van der Waals surface area contributed by atoms with Gasteiger partial charge < -0.3 is 0 Å². The zero-order valence-electron chi connectivity index (χ0n) is 10.8. The highest BCUT2D eigenvalue weighted by Crippen LogP contribution is 2.04. The van der Waals surface area contributed by atoms with Gasteiger partial charge in [0.2, 0.25) is 0 Å². The van der Waals surface area contributed by atoms with Gasteiger partial charge in [-0.05, 0) is 0 Å². The smallest absolute Gasteiger partial charge is 0.189 e. The van der Waals surface area contributed by atoms with Gasteiger partial charge in [-0.15, -0.1) is 0 Å². The highest BCUT2D eigenvalue weighted by Gasteiger charge is 2.28. The van der Waals surface area contributed by atoms with Crippen LogP contribution in [0, 0.1) is 0 Å². The van der Waals surface area contributed by atoms with Crippen molar-refractivity contribution in [2.75, 3.05) is 42.3 Å². The number of hydrogen-bond acceptors (Lipinski definition) is 6. The molecule has 1 saturated heterocycles. The van der Waals surface area contributed by atoms with E-state index in [0.717, 1.165) is 0 Å². The van der Waals surface area contributed by atoms with E-state index in [2.05, 4.69) is 70.3 Å². The van der Waals surface area contributed by atoms with Crippen molar-refractivity contribution in [2.45, 2.75) is 0 Å². The topological polar surface area (TPSA) is 19.4 Å². The van der Waals surface area contributed by atoms with E-state index in [4.69, 9.17) is 0 Å². The van der Waals surface area contributed by atoms with Gasteiger partial charge >= 0.3 is 0 Å². The Bertz CT molecular complexity index is 162.